The van der Waals surface area contributed by atoms with E-state index in [4.69, 9.17) is 0 Å². The molecule has 0 aliphatic carbocycles. The topological polar surface area (TPSA) is 54.0 Å². The van der Waals surface area contributed by atoms with Crippen molar-refractivity contribution in [1.82, 2.24) is 15.6 Å². The van der Waals surface area contributed by atoms with Gasteiger partial charge in [0.2, 0.25) is 0 Å². The van der Waals surface area contributed by atoms with Gasteiger partial charge in [0.05, 0.1) is 5.56 Å². The van der Waals surface area contributed by atoms with Crippen LogP contribution in [-0.4, -0.2) is 29.5 Å². The first-order valence-electron chi connectivity index (χ1n) is 7.77. The number of benzene rings is 1. The quantitative estimate of drug-likeness (QED) is 0.915. The Morgan fingerprint density at radius 2 is 2.05 bits per heavy atom. The molecule has 2 heterocycles. The summed E-state index contributed by atoms with van der Waals surface area (Å²) in [5.74, 6) is -0.0376. The van der Waals surface area contributed by atoms with Crippen LogP contribution in [0.3, 0.4) is 0 Å². The third kappa shape index (κ3) is 3.52. The van der Waals surface area contributed by atoms with Gasteiger partial charge in [0, 0.05) is 30.0 Å². The molecule has 4 nitrogen and oxygen atoms in total. The molecular formula is C18H21N3O. The summed E-state index contributed by atoms with van der Waals surface area (Å²) in [5, 5.41) is 6.52. The number of aromatic nitrogens is 1. The highest BCUT2D eigenvalue weighted by molar-refractivity contribution is 5.95. The summed E-state index contributed by atoms with van der Waals surface area (Å²) in [6.07, 6.45) is 5.37. The summed E-state index contributed by atoms with van der Waals surface area (Å²) in [4.78, 5) is 16.6. The highest BCUT2D eigenvalue weighted by Gasteiger charge is 2.20. The first-order chi connectivity index (χ1) is 10.7. The van der Waals surface area contributed by atoms with E-state index in [1.54, 1.807) is 12.4 Å². The molecule has 1 aliphatic rings. The number of piperidine rings is 1. The van der Waals surface area contributed by atoms with E-state index in [1.807, 2.05) is 36.4 Å². The molecule has 1 saturated heterocycles. The van der Waals surface area contributed by atoms with Crippen molar-refractivity contribution in [1.29, 1.82) is 0 Å². The van der Waals surface area contributed by atoms with E-state index >= 15 is 0 Å². The lowest BCUT2D eigenvalue weighted by Gasteiger charge is -2.28. The maximum absolute atomic E-state index is 12.4. The Kier molecular flexibility index (Phi) is 4.49. The molecule has 114 valence electrons. The van der Waals surface area contributed by atoms with Crippen LogP contribution in [-0.2, 0) is 0 Å². The smallest absolute Gasteiger partial charge is 0.253 e. The molecule has 0 spiro atoms. The van der Waals surface area contributed by atoms with Crippen molar-refractivity contribution in [3.05, 3.63) is 54.4 Å². The minimum Gasteiger partial charge on any atom is -0.349 e. The fourth-order valence-electron chi connectivity index (χ4n) is 2.88. The van der Waals surface area contributed by atoms with E-state index in [9.17, 15) is 4.79 Å². The van der Waals surface area contributed by atoms with Crippen LogP contribution >= 0.6 is 0 Å². The van der Waals surface area contributed by atoms with Gasteiger partial charge in [-0.15, -0.1) is 0 Å². The molecule has 1 aliphatic heterocycles. The number of nitrogens with zero attached hydrogens (tertiary/aromatic N) is 1. The van der Waals surface area contributed by atoms with E-state index < -0.39 is 0 Å². The maximum atomic E-state index is 12.4. The molecule has 0 saturated carbocycles. The van der Waals surface area contributed by atoms with Crippen molar-refractivity contribution in [3.8, 4) is 11.1 Å². The van der Waals surface area contributed by atoms with Crippen molar-refractivity contribution in [2.75, 3.05) is 6.54 Å². The van der Waals surface area contributed by atoms with Gasteiger partial charge in [-0.2, -0.15) is 0 Å². The summed E-state index contributed by atoms with van der Waals surface area (Å²) < 4.78 is 0. The zero-order valence-electron chi connectivity index (χ0n) is 12.8. The molecule has 1 aromatic heterocycles. The summed E-state index contributed by atoms with van der Waals surface area (Å²) in [6.45, 7) is 3.10. The molecule has 0 radical (unpaired) electrons. The lowest BCUT2D eigenvalue weighted by atomic mass is 10.00. The van der Waals surface area contributed by atoms with Crippen molar-refractivity contribution in [2.24, 2.45) is 0 Å². The van der Waals surface area contributed by atoms with Gasteiger partial charge in [-0.25, -0.2) is 0 Å². The minimum absolute atomic E-state index is 0.0376. The summed E-state index contributed by atoms with van der Waals surface area (Å²) >= 11 is 0. The second kappa shape index (κ2) is 6.71. The predicted molar refractivity (Wildman–Crippen MR) is 87.6 cm³/mol. The van der Waals surface area contributed by atoms with Gasteiger partial charge in [0.25, 0.3) is 5.91 Å². The molecule has 2 aromatic rings. The van der Waals surface area contributed by atoms with E-state index in [0.29, 0.717) is 11.6 Å². The Morgan fingerprint density at radius 3 is 2.82 bits per heavy atom. The van der Waals surface area contributed by atoms with E-state index in [1.165, 1.54) is 0 Å². The van der Waals surface area contributed by atoms with Gasteiger partial charge >= 0.3 is 0 Å². The van der Waals surface area contributed by atoms with Crippen molar-refractivity contribution >= 4 is 5.91 Å². The number of amides is 1. The Bertz CT molecular complexity index is 642. The largest absolute Gasteiger partial charge is 0.349 e. The average molecular weight is 295 g/mol. The molecule has 1 fully saturated rings. The molecule has 2 N–H and O–H groups in total. The fourth-order valence-corrected chi connectivity index (χ4v) is 2.88. The Labute approximate surface area is 131 Å². The Balaban J connectivity index is 1.73. The second-order valence-electron chi connectivity index (χ2n) is 5.88. The number of pyridine rings is 1. The standard InChI is InChI=1S/C18H21N3O/c1-13-9-17(7-8-20-13)21-18(22)16-10-15(11-19-12-16)14-5-3-2-4-6-14/h2-6,10-13,17,20H,7-9H2,1H3,(H,21,22). The third-order valence-corrected chi connectivity index (χ3v) is 4.07. The summed E-state index contributed by atoms with van der Waals surface area (Å²) in [6, 6.07) is 12.6. The molecule has 4 heteroatoms. The van der Waals surface area contributed by atoms with Crippen molar-refractivity contribution in [3.63, 3.8) is 0 Å². The highest BCUT2D eigenvalue weighted by atomic mass is 16.1. The lowest BCUT2D eigenvalue weighted by molar-refractivity contribution is 0.0925. The van der Waals surface area contributed by atoms with Crippen LogP contribution in [0.2, 0.25) is 0 Å². The van der Waals surface area contributed by atoms with E-state index in [-0.39, 0.29) is 11.9 Å². The van der Waals surface area contributed by atoms with Crippen LogP contribution in [0.25, 0.3) is 11.1 Å². The van der Waals surface area contributed by atoms with Gasteiger partial charge in [0.1, 0.15) is 0 Å². The first kappa shape index (κ1) is 14.7. The predicted octanol–water partition coefficient (Wildman–Crippen LogP) is 2.62. The van der Waals surface area contributed by atoms with Gasteiger partial charge in [-0.1, -0.05) is 30.3 Å². The van der Waals surface area contributed by atoms with E-state index in [0.717, 1.165) is 30.5 Å². The summed E-state index contributed by atoms with van der Waals surface area (Å²) in [5.41, 5.74) is 2.65. The van der Waals surface area contributed by atoms with E-state index in [2.05, 4.69) is 22.5 Å². The molecule has 2 atom stereocenters. The molecule has 1 amide bonds. The van der Waals surface area contributed by atoms with Crippen LogP contribution in [0, 0.1) is 0 Å². The SMILES string of the molecule is CC1CC(NC(=O)c2cncc(-c3ccccc3)c2)CCN1. The zero-order chi connectivity index (χ0) is 15.4. The number of hydrogen-bond donors (Lipinski definition) is 2. The number of carbonyl (C=O) groups is 1. The van der Waals surface area contributed by atoms with Crippen LogP contribution in [0.1, 0.15) is 30.1 Å². The van der Waals surface area contributed by atoms with Crippen LogP contribution in [0.4, 0.5) is 0 Å². The van der Waals surface area contributed by atoms with Crippen LogP contribution < -0.4 is 10.6 Å². The molecule has 0 bridgehead atoms. The van der Waals surface area contributed by atoms with Gasteiger partial charge in [-0.05, 0) is 37.9 Å². The van der Waals surface area contributed by atoms with Crippen molar-refractivity contribution < 1.29 is 4.79 Å². The van der Waals surface area contributed by atoms with Crippen LogP contribution in [0.15, 0.2) is 48.8 Å². The first-order valence-corrected chi connectivity index (χ1v) is 7.77. The number of hydrogen-bond acceptors (Lipinski definition) is 3. The van der Waals surface area contributed by atoms with Gasteiger partial charge < -0.3 is 10.6 Å². The Morgan fingerprint density at radius 1 is 1.23 bits per heavy atom. The molecular weight excluding hydrogens is 274 g/mol. The highest BCUT2D eigenvalue weighted by Crippen LogP contribution is 2.19. The maximum Gasteiger partial charge on any atom is 0.253 e. The molecule has 22 heavy (non-hydrogen) atoms. The van der Waals surface area contributed by atoms with Gasteiger partial charge in [0.15, 0.2) is 0 Å². The summed E-state index contributed by atoms with van der Waals surface area (Å²) in [7, 11) is 0. The van der Waals surface area contributed by atoms with Crippen LogP contribution in [0.5, 0.6) is 0 Å². The fraction of sp³-hybridized carbons (Fsp3) is 0.333. The van der Waals surface area contributed by atoms with Crippen molar-refractivity contribution in [2.45, 2.75) is 31.8 Å². The number of nitrogens with one attached hydrogen (secondary N) is 2. The molecule has 1 aromatic carbocycles. The lowest BCUT2D eigenvalue weighted by Crippen LogP contribution is -2.46. The molecule has 2 unspecified atom stereocenters. The number of rotatable bonds is 3. The zero-order valence-corrected chi connectivity index (χ0v) is 12.8. The van der Waals surface area contributed by atoms with Gasteiger partial charge in [-0.3, -0.25) is 9.78 Å². The normalized spacial score (nSPS) is 21.3. The average Bonchev–Trinajstić information content (AvgIpc) is 2.56. The third-order valence-electron chi connectivity index (χ3n) is 4.07. The minimum atomic E-state index is -0.0376. The monoisotopic (exact) mass is 295 g/mol. The molecule has 3 rings (SSSR count). The number of carbonyl (C=O) groups excluding carboxylic acids is 1. The second-order valence-corrected chi connectivity index (χ2v) is 5.88. The Hall–Kier alpha value is -2.20.